The first kappa shape index (κ1) is 15.9. The maximum Gasteiger partial charge on any atom is 0.132 e. The molecule has 0 amide bonds. The summed E-state index contributed by atoms with van der Waals surface area (Å²) in [7, 11) is 2.15. The summed E-state index contributed by atoms with van der Waals surface area (Å²) in [6.07, 6.45) is 7.01. The van der Waals surface area contributed by atoms with Crippen LogP contribution in [0.2, 0.25) is 0 Å². The van der Waals surface area contributed by atoms with Crippen LogP contribution in [0.5, 0.6) is 0 Å². The van der Waals surface area contributed by atoms with E-state index < -0.39 is 0 Å². The summed E-state index contributed by atoms with van der Waals surface area (Å²) in [5, 5.41) is 0. The summed E-state index contributed by atoms with van der Waals surface area (Å²) in [5.74, 6) is 1.02. The van der Waals surface area contributed by atoms with Crippen LogP contribution < -0.4 is 4.90 Å². The van der Waals surface area contributed by atoms with Crippen LogP contribution in [0.3, 0.4) is 0 Å². The Hall–Kier alpha value is -2.01. The Morgan fingerprint density at radius 3 is 2.96 bits per heavy atom. The van der Waals surface area contributed by atoms with Crippen molar-refractivity contribution >= 4 is 5.82 Å². The van der Waals surface area contributed by atoms with Crippen molar-refractivity contribution in [2.45, 2.75) is 32.2 Å². The number of anilines is 1. The Balaban J connectivity index is 1.57. The Bertz CT molecular complexity index is 616. The lowest BCUT2D eigenvalue weighted by molar-refractivity contribution is 0.207. The number of likely N-dealkylation sites (tertiary alicyclic amines) is 1. The van der Waals surface area contributed by atoms with Crippen LogP contribution >= 0.6 is 0 Å². The van der Waals surface area contributed by atoms with Gasteiger partial charge < -0.3 is 9.80 Å². The molecule has 2 aromatic heterocycles. The van der Waals surface area contributed by atoms with E-state index in [0.717, 1.165) is 31.0 Å². The monoisotopic (exact) mass is 311 g/mol. The summed E-state index contributed by atoms with van der Waals surface area (Å²) in [6, 6.07) is 8.72. The molecule has 23 heavy (non-hydrogen) atoms. The highest BCUT2D eigenvalue weighted by molar-refractivity contribution is 5.39. The molecule has 3 rings (SSSR count). The topological polar surface area (TPSA) is 45.2 Å². The van der Waals surface area contributed by atoms with Crippen LogP contribution in [-0.4, -0.2) is 52.6 Å². The second kappa shape index (κ2) is 7.51. The third-order valence-corrected chi connectivity index (χ3v) is 4.59. The molecule has 0 spiro atoms. The predicted octanol–water partition coefficient (Wildman–Crippen LogP) is 2.32. The minimum Gasteiger partial charge on any atom is -0.355 e. The lowest BCUT2D eigenvalue weighted by Crippen LogP contribution is -2.47. The van der Waals surface area contributed by atoms with Crippen molar-refractivity contribution in [2.24, 2.45) is 0 Å². The smallest absolute Gasteiger partial charge is 0.132 e. The number of rotatable bonds is 5. The van der Waals surface area contributed by atoms with Crippen LogP contribution in [0, 0.1) is 6.92 Å². The molecule has 0 saturated carbocycles. The Kier molecular flexibility index (Phi) is 5.18. The fourth-order valence-corrected chi connectivity index (χ4v) is 3.19. The first-order valence-electron chi connectivity index (χ1n) is 8.36. The number of aryl methyl sites for hydroxylation is 1. The van der Waals surface area contributed by atoms with E-state index in [9.17, 15) is 0 Å². The summed E-state index contributed by atoms with van der Waals surface area (Å²) < 4.78 is 0. The third-order valence-electron chi connectivity index (χ3n) is 4.59. The first-order chi connectivity index (χ1) is 11.2. The van der Waals surface area contributed by atoms with Gasteiger partial charge in [0, 0.05) is 56.3 Å². The molecule has 5 heteroatoms. The highest BCUT2D eigenvalue weighted by Gasteiger charge is 2.24. The van der Waals surface area contributed by atoms with Crippen molar-refractivity contribution in [3.8, 4) is 0 Å². The first-order valence-corrected chi connectivity index (χ1v) is 8.36. The van der Waals surface area contributed by atoms with Gasteiger partial charge in [-0.3, -0.25) is 4.98 Å². The van der Waals surface area contributed by atoms with Crippen molar-refractivity contribution in [2.75, 3.05) is 31.6 Å². The van der Waals surface area contributed by atoms with Crippen LogP contribution in [0.15, 0.2) is 36.8 Å². The fourth-order valence-electron chi connectivity index (χ4n) is 3.19. The molecular weight excluding hydrogens is 286 g/mol. The Labute approximate surface area is 138 Å². The Morgan fingerprint density at radius 1 is 1.26 bits per heavy atom. The molecule has 0 aliphatic carbocycles. The second-order valence-electron chi connectivity index (χ2n) is 6.30. The number of likely N-dealkylation sites (N-methyl/N-ethyl adjacent to an activating group) is 1. The largest absolute Gasteiger partial charge is 0.355 e. The fraction of sp³-hybridized carbons (Fsp3) is 0.500. The van der Waals surface area contributed by atoms with E-state index >= 15 is 0 Å². The van der Waals surface area contributed by atoms with E-state index in [1.54, 1.807) is 6.33 Å². The zero-order chi connectivity index (χ0) is 16.1. The lowest BCUT2D eigenvalue weighted by atomic mass is 10.0. The lowest BCUT2D eigenvalue weighted by Gasteiger charge is -2.38. The maximum absolute atomic E-state index is 4.42. The molecule has 5 nitrogen and oxygen atoms in total. The quantitative estimate of drug-likeness (QED) is 0.848. The molecule has 0 bridgehead atoms. The van der Waals surface area contributed by atoms with E-state index in [-0.39, 0.29) is 0 Å². The van der Waals surface area contributed by atoms with Gasteiger partial charge in [-0.15, -0.1) is 0 Å². The van der Waals surface area contributed by atoms with Gasteiger partial charge in [-0.25, -0.2) is 9.97 Å². The maximum atomic E-state index is 4.42. The number of aromatic nitrogens is 3. The van der Waals surface area contributed by atoms with Gasteiger partial charge in [0.25, 0.3) is 0 Å². The molecule has 3 heterocycles. The van der Waals surface area contributed by atoms with Gasteiger partial charge in [-0.2, -0.15) is 0 Å². The summed E-state index contributed by atoms with van der Waals surface area (Å²) in [4.78, 5) is 17.9. The average Bonchev–Trinajstić information content (AvgIpc) is 2.60. The molecule has 0 aromatic carbocycles. The SMILES string of the molecule is Cc1cc(N(C)C2CCCN(CCc3ccccn3)C2)ncn1. The number of pyridine rings is 1. The molecule has 1 saturated heterocycles. The molecule has 0 N–H and O–H groups in total. The van der Waals surface area contributed by atoms with Gasteiger partial charge in [-0.1, -0.05) is 6.07 Å². The van der Waals surface area contributed by atoms with Gasteiger partial charge in [-0.05, 0) is 38.4 Å². The van der Waals surface area contributed by atoms with Crippen LogP contribution in [0.1, 0.15) is 24.2 Å². The van der Waals surface area contributed by atoms with Crippen molar-refractivity contribution < 1.29 is 0 Å². The molecule has 0 radical (unpaired) electrons. The van der Waals surface area contributed by atoms with Gasteiger partial charge in [0.15, 0.2) is 0 Å². The molecule has 1 unspecified atom stereocenters. The van der Waals surface area contributed by atoms with Gasteiger partial charge in [0.1, 0.15) is 12.1 Å². The highest BCUT2D eigenvalue weighted by atomic mass is 15.2. The van der Waals surface area contributed by atoms with Crippen molar-refractivity contribution in [1.29, 1.82) is 0 Å². The van der Waals surface area contributed by atoms with Crippen LogP contribution in [-0.2, 0) is 6.42 Å². The minimum absolute atomic E-state index is 0.516. The van der Waals surface area contributed by atoms with Crippen molar-refractivity contribution in [3.05, 3.63) is 48.2 Å². The molecule has 1 aliphatic rings. The number of piperidine rings is 1. The van der Waals surface area contributed by atoms with Gasteiger partial charge in [0.05, 0.1) is 0 Å². The van der Waals surface area contributed by atoms with E-state index in [1.165, 1.54) is 25.1 Å². The summed E-state index contributed by atoms with van der Waals surface area (Å²) in [5.41, 5.74) is 2.19. The number of hydrogen-bond acceptors (Lipinski definition) is 5. The Morgan fingerprint density at radius 2 is 2.17 bits per heavy atom. The van der Waals surface area contributed by atoms with Crippen LogP contribution in [0.4, 0.5) is 5.82 Å². The summed E-state index contributed by atoms with van der Waals surface area (Å²) in [6.45, 7) is 5.36. The second-order valence-corrected chi connectivity index (χ2v) is 6.30. The van der Waals surface area contributed by atoms with Gasteiger partial charge in [0.2, 0.25) is 0 Å². The van der Waals surface area contributed by atoms with E-state index in [1.807, 2.05) is 19.2 Å². The molecular formula is C18H25N5. The zero-order valence-corrected chi connectivity index (χ0v) is 14.0. The zero-order valence-electron chi connectivity index (χ0n) is 14.0. The molecule has 2 aromatic rings. The van der Waals surface area contributed by atoms with E-state index in [2.05, 4.69) is 50.0 Å². The van der Waals surface area contributed by atoms with E-state index in [4.69, 9.17) is 0 Å². The molecule has 1 aliphatic heterocycles. The third kappa shape index (κ3) is 4.26. The van der Waals surface area contributed by atoms with Gasteiger partial charge >= 0.3 is 0 Å². The average molecular weight is 311 g/mol. The van der Waals surface area contributed by atoms with E-state index in [0.29, 0.717) is 6.04 Å². The molecule has 1 fully saturated rings. The van der Waals surface area contributed by atoms with Crippen molar-refractivity contribution in [1.82, 2.24) is 19.9 Å². The van der Waals surface area contributed by atoms with Crippen molar-refractivity contribution in [3.63, 3.8) is 0 Å². The number of nitrogens with zero attached hydrogens (tertiary/aromatic N) is 5. The normalized spacial score (nSPS) is 18.8. The molecule has 122 valence electrons. The standard InChI is InChI=1S/C18H25N5/c1-15-12-18(21-14-20-15)22(2)17-7-5-10-23(13-17)11-8-16-6-3-4-9-19-16/h3-4,6,9,12,14,17H,5,7-8,10-11,13H2,1-2H3. The predicted molar refractivity (Wildman–Crippen MR) is 92.6 cm³/mol. The molecule has 1 atom stereocenters. The summed E-state index contributed by atoms with van der Waals surface area (Å²) >= 11 is 0. The minimum atomic E-state index is 0.516. The highest BCUT2D eigenvalue weighted by Crippen LogP contribution is 2.20. The van der Waals surface area contributed by atoms with Crippen LogP contribution in [0.25, 0.3) is 0 Å². The number of hydrogen-bond donors (Lipinski definition) is 0.